The van der Waals surface area contributed by atoms with Crippen LogP contribution in [0.5, 0.6) is 0 Å². The van der Waals surface area contributed by atoms with Gasteiger partial charge in [0.15, 0.2) is 0 Å². The van der Waals surface area contributed by atoms with Gasteiger partial charge < -0.3 is 5.73 Å². The summed E-state index contributed by atoms with van der Waals surface area (Å²) in [7, 11) is 0. The molecule has 76 valence electrons. The maximum Gasteiger partial charge on any atom is 0.352 e. The van der Waals surface area contributed by atoms with Crippen LogP contribution in [0.1, 0.15) is 0 Å². The largest absolute Gasteiger partial charge is 0.396 e. The van der Waals surface area contributed by atoms with Gasteiger partial charge in [-0.2, -0.15) is 4.98 Å². The van der Waals surface area contributed by atoms with Gasteiger partial charge in [0.25, 0.3) is 0 Å². The lowest BCUT2D eigenvalue weighted by Gasteiger charge is -2.05. The van der Waals surface area contributed by atoms with Gasteiger partial charge in [-0.05, 0) is 18.2 Å². The van der Waals surface area contributed by atoms with Gasteiger partial charge in [-0.25, -0.2) is 4.79 Å². The summed E-state index contributed by atoms with van der Waals surface area (Å²) in [5.74, 6) is 0. The van der Waals surface area contributed by atoms with E-state index in [1.807, 2.05) is 0 Å². The van der Waals surface area contributed by atoms with E-state index < -0.39 is 0 Å². The second-order valence-electron chi connectivity index (χ2n) is 3.02. The van der Waals surface area contributed by atoms with E-state index in [1.165, 1.54) is 17.0 Å². The minimum absolute atomic E-state index is 0.383. The lowest BCUT2D eigenvalue weighted by molar-refractivity contribution is 0.918. The molecule has 15 heavy (non-hydrogen) atoms. The highest BCUT2D eigenvalue weighted by atomic mass is 35.5. The summed E-state index contributed by atoms with van der Waals surface area (Å²) in [4.78, 5) is 15.1. The van der Waals surface area contributed by atoms with Gasteiger partial charge in [0.05, 0.1) is 17.6 Å². The molecule has 0 unspecified atom stereocenters. The molecule has 0 aliphatic heterocycles. The van der Waals surface area contributed by atoms with Gasteiger partial charge in [0.2, 0.25) is 0 Å². The third-order valence-corrected chi connectivity index (χ3v) is 2.13. The molecule has 2 aromatic rings. The molecule has 1 heterocycles. The fourth-order valence-corrected chi connectivity index (χ4v) is 1.43. The van der Waals surface area contributed by atoms with E-state index in [2.05, 4.69) is 4.98 Å². The molecule has 4 nitrogen and oxygen atoms in total. The fraction of sp³-hybridized carbons (Fsp3) is 0. The fourth-order valence-electron chi connectivity index (χ4n) is 1.24. The number of halogens is 1. The highest BCUT2D eigenvalue weighted by molar-refractivity contribution is 6.30. The van der Waals surface area contributed by atoms with Gasteiger partial charge in [-0.3, -0.25) is 4.57 Å². The Morgan fingerprint density at radius 3 is 2.93 bits per heavy atom. The number of nitrogens with two attached hydrogens (primary N) is 1. The normalized spacial score (nSPS) is 10.2. The van der Waals surface area contributed by atoms with Crippen LogP contribution < -0.4 is 11.4 Å². The van der Waals surface area contributed by atoms with Crippen molar-refractivity contribution >= 4 is 17.3 Å². The lowest BCUT2D eigenvalue weighted by Crippen LogP contribution is -2.20. The Balaban J connectivity index is 2.63. The zero-order valence-electron chi connectivity index (χ0n) is 7.72. The predicted octanol–water partition coefficient (Wildman–Crippen LogP) is 1.47. The van der Waals surface area contributed by atoms with Gasteiger partial charge in [0.1, 0.15) is 0 Å². The standard InChI is InChI=1S/C10H8ClN3O/c11-7-2-1-3-9(4-7)14-6-8(12)5-13-10(14)15/h1-6H,12H2. The summed E-state index contributed by atoms with van der Waals surface area (Å²) in [5.41, 5.74) is 6.24. The Morgan fingerprint density at radius 1 is 1.40 bits per heavy atom. The molecule has 0 radical (unpaired) electrons. The van der Waals surface area contributed by atoms with Crippen molar-refractivity contribution in [2.45, 2.75) is 0 Å². The van der Waals surface area contributed by atoms with Gasteiger partial charge in [0, 0.05) is 11.2 Å². The molecular weight excluding hydrogens is 214 g/mol. The Morgan fingerprint density at radius 2 is 2.20 bits per heavy atom. The minimum Gasteiger partial charge on any atom is -0.396 e. The maximum absolute atomic E-state index is 11.4. The highest BCUT2D eigenvalue weighted by Gasteiger charge is 2.01. The summed E-state index contributed by atoms with van der Waals surface area (Å²) < 4.78 is 1.35. The molecule has 1 aromatic heterocycles. The van der Waals surface area contributed by atoms with Crippen LogP contribution in [0.4, 0.5) is 5.69 Å². The summed E-state index contributed by atoms with van der Waals surface area (Å²) in [5, 5.41) is 0.557. The van der Waals surface area contributed by atoms with Crippen LogP contribution >= 0.6 is 11.6 Å². The van der Waals surface area contributed by atoms with Crippen molar-refractivity contribution in [3.05, 3.63) is 52.2 Å². The first-order valence-electron chi connectivity index (χ1n) is 4.27. The van der Waals surface area contributed by atoms with Crippen LogP contribution in [0.3, 0.4) is 0 Å². The quantitative estimate of drug-likeness (QED) is 0.793. The molecule has 2 N–H and O–H groups in total. The number of hydrogen-bond acceptors (Lipinski definition) is 3. The van der Waals surface area contributed by atoms with Crippen LogP contribution in [0.15, 0.2) is 41.5 Å². The van der Waals surface area contributed by atoms with E-state index in [9.17, 15) is 4.79 Å². The summed E-state index contributed by atoms with van der Waals surface area (Å²) in [6.07, 6.45) is 2.84. The Kier molecular flexibility index (Phi) is 2.43. The second-order valence-corrected chi connectivity index (χ2v) is 3.46. The van der Waals surface area contributed by atoms with E-state index in [0.717, 1.165) is 0 Å². The number of anilines is 1. The number of benzene rings is 1. The molecule has 0 saturated carbocycles. The van der Waals surface area contributed by atoms with Crippen LogP contribution in [0.2, 0.25) is 5.02 Å². The third kappa shape index (κ3) is 1.99. The molecule has 0 aliphatic rings. The molecule has 0 aliphatic carbocycles. The smallest absolute Gasteiger partial charge is 0.352 e. The third-order valence-electron chi connectivity index (χ3n) is 1.89. The number of nitrogens with zero attached hydrogens (tertiary/aromatic N) is 2. The Hall–Kier alpha value is -1.81. The Labute approximate surface area is 90.9 Å². The molecule has 0 bridgehead atoms. The van der Waals surface area contributed by atoms with E-state index in [0.29, 0.717) is 16.4 Å². The van der Waals surface area contributed by atoms with E-state index >= 15 is 0 Å². The van der Waals surface area contributed by atoms with Gasteiger partial charge in [-0.1, -0.05) is 17.7 Å². The first kappa shape index (κ1) is 9.73. The van der Waals surface area contributed by atoms with E-state index in [4.69, 9.17) is 17.3 Å². The van der Waals surface area contributed by atoms with Crippen LogP contribution in [-0.4, -0.2) is 9.55 Å². The molecule has 0 fully saturated rings. The molecule has 0 saturated heterocycles. The predicted molar refractivity (Wildman–Crippen MR) is 59.3 cm³/mol. The van der Waals surface area contributed by atoms with Crippen molar-refractivity contribution in [2.75, 3.05) is 5.73 Å². The van der Waals surface area contributed by atoms with Crippen LogP contribution in [0.25, 0.3) is 5.69 Å². The zero-order chi connectivity index (χ0) is 10.8. The molecule has 2 rings (SSSR count). The molecular formula is C10H8ClN3O. The monoisotopic (exact) mass is 221 g/mol. The average Bonchev–Trinajstić information content (AvgIpc) is 2.22. The number of nitrogen functional groups attached to an aromatic ring is 1. The summed E-state index contributed by atoms with van der Waals surface area (Å²) in [6.45, 7) is 0. The molecule has 1 aromatic carbocycles. The molecule has 0 atom stereocenters. The van der Waals surface area contributed by atoms with Crippen molar-refractivity contribution in [3.8, 4) is 5.69 Å². The van der Waals surface area contributed by atoms with Crippen molar-refractivity contribution in [3.63, 3.8) is 0 Å². The first-order valence-corrected chi connectivity index (χ1v) is 4.65. The first-order chi connectivity index (χ1) is 7.16. The topological polar surface area (TPSA) is 60.9 Å². The lowest BCUT2D eigenvalue weighted by atomic mass is 10.3. The minimum atomic E-state index is -0.383. The van der Waals surface area contributed by atoms with Crippen molar-refractivity contribution in [1.82, 2.24) is 9.55 Å². The Bertz CT molecular complexity index is 550. The van der Waals surface area contributed by atoms with Gasteiger partial charge >= 0.3 is 5.69 Å². The second kappa shape index (κ2) is 3.74. The van der Waals surface area contributed by atoms with Gasteiger partial charge in [-0.15, -0.1) is 0 Å². The average molecular weight is 222 g/mol. The number of hydrogen-bond donors (Lipinski definition) is 1. The van der Waals surface area contributed by atoms with Crippen molar-refractivity contribution < 1.29 is 0 Å². The summed E-state index contributed by atoms with van der Waals surface area (Å²) in [6, 6.07) is 6.92. The van der Waals surface area contributed by atoms with Crippen molar-refractivity contribution in [1.29, 1.82) is 0 Å². The van der Waals surface area contributed by atoms with Crippen molar-refractivity contribution in [2.24, 2.45) is 0 Å². The van der Waals surface area contributed by atoms with Crippen LogP contribution in [-0.2, 0) is 0 Å². The number of aromatic nitrogens is 2. The maximum atomic E-state index is 11.4. The van der Waals surface area contributed by atoms with E-state index in [-0.39, 0.29) is 5.69 Å². The molecule has 5 heteroatoms. The van der Waals surface area contributed by atoms with E-state index in [1.54, 1.807) is 24.3 Å². The zero-order valence-corrected chi connectivity index (χ0v) is 8.48. The SMILES string of the molecule is Nc1cnc(=O)n(-c2cccc(Cl)c2)c1. The molecule has 0 spiro atoms. The summed E-state index contributed by atoms with van der Waals surface area (Å²) >= 11 is 5.82. The van der Waals surface area contributed by atoms with Crippen LogP contribution in [0, 0.1) is 0 Å². The number of rotatable bonds is 1. The highest BCUT2D eigenvalue weighted by Crippen LogP contribution is 2.13. The molecule has 0 amide bonds.